The number of nitrogens with two attached hydrogens (primary N) is 1. The molecule has 0 atom stereocenters. The summed E-state index contributed by atoms with van der Waals surface area (Å²) in [6.07, 6.45) is 6.47. The number of benzene rings is 1. The topological polar surface area (TPSA) is 98.7 Å². The van der Waals surface area contributed by atoms with E-state index in [1.807, 2.05) is 16.7 Å². The minimum Gasteiger partial charge on any atom is -0.382 e. The molecule has 0 bridgehead atoms. The van der Waals surface area contributed by atoms with Gasteiger partial charge in [0.05, 0.1) is 0 Å². The molecule has 0 fully saturated rings. The zero-order valence-electron chi connectivity index (χ0n) is 17.7. The Balaban J connectivity index is 1.74. The zero-order valence-corrected chi connectivity index (χ0v) is 17.7. The van der Waals surface area contributed by atoms with Gasteiger partial charge < -0.3 is 15.6 Å². The Bertz CT molecular complexity index is 1210. The molecule has 1 aliphatic rings. The van der Waals surface area contributed by atoms with E-state index in [1.54, 1.807) is 0 Å². The number of carbonyl (C=O) groups excluding carboxylic acids is 1. The molecule has 31 heavy (non-hydrogen) atoms. The number of Topliss-reactive ketones (excluding diaryl/α,β-unsaturated/α-hetero) is 1. The summed E-state index contributed by atoms with van der Waals surface area (Å²) in [5, 5.41) is 3.38. The van der Waals surface area contributed by atoms with Crippen LogP contribution in [0.4, 0.5) is 10.2 Å². The molecule has 7 nitrogen and oxygen atoms in total. The minimum absolute atomic E-state index is 0.000978. The maximum Gasteiger partial charge on any atom is 0.312 e. The smallest absolute Gasteiger partial charge is 0.312 e. The maximum atomic E-state index is 13.9. The SMILES string of the molecule is C#Cc1cc2c(cc1Cc1nc3c(N)nc(F)nc3n1CCNCC(C)C)C(=O)CC2. The summed E-state index contributed by atoms with van der Waals surface area (Å²) >= 11 is 0. The van der Waals surface area contributed by atoms with E-state index in [1.165, 1.54) is 0 Å². The first-order valence-electron chi connectivity index (χ1n) is 10.4. The second-order valence-corrected chi connectivity index (χ2v) is 8.24. The lowest BCUT2D eigenvalue weighted by Gasteiger charge is -2.12. The van der Waals surface area contributed by atoms with Crippen LogP contribution in [0.5, 0.6) is 0 Å². The van der Waals surface area contributed by atoms with Gasteiger partial charge in [0.2, 0.25) is 0 Å². The molecule has 2 heterocycles. The number of terminal acetylenes is 1. The number of ketones is 1. The van der Waals surface area contributed by atoms with Gasteiger partial charge in [0.15, 0.2) is 22.8 Å². The number of carbonyl (C=O) groups is 1. The van der Waals surface area contributed by atoms with Crippen LogP contribution in [0.15, 0.2) is 12.1 Å². The van der Waals surface area contributed by atoms with Crippen molar-refractivity contribution in [3.05, 3.63) is 46.3 Å². The van der Waals surface area contributed by atoms with Crippen LogP contribution in [0.2, 0.25) is 0 Å². The first-order valence-corrected chi connectivity index (χ1v) is 10.4. The molecule has 0 saturated heterocycles. The van der Waals surface area contributed by atoms with Gasteiger partial charge in [-0.05, 0) is 42.1 Å². The maximum absolute atomic E-state index is 13.9. The predicted octanol–water partition coefficient (Wildman–Crippen LogP) is 2.49. The fourth-order valence-corrected chi connectivity index (χ4v) is 3.98. The number of imidazole rings is 1. The Kier molecular flexibility index (Phi) is 5.70. The molecule has 0 saturated carbocycles. The van der Waals surface area contributed by atoms with E-state index >= 15 is 0 Å². The average molecular weight is 420 g/mol. The fourth-order valence-electron chi connectivity index (χ4n) is 3.98. The Labute approximate surface area is 180 Å². The number of anilines is 1. The van der Waals surface area contributed by atoms with E-state index in [0.29, 0.717) is 55.3 Å². The number of nitrogens with zero attached hydrogens (tertiary/aromatic N) is 4. The predicted molar refractivity (Wildman–Crippen MR) is 117 cm³/mol. The van der Waals surface area contributed by atoms with E-state index in [0.717, 1.165) is 28.8 Å². The van der Waals surface area contributed by atoms with Crippen LogP contribution in [-0.4, -0.2) is 38.4 Å². The van der Waals surface area contributed by atoms with Gasteiger partial charge in [-0.1, -0.05) is 19.8 Å². The number of hydrogen-bond acceptors (Lipinski definition) is 6. The van der Waals surface area contributed by atoms with Gasteiger partial charge in [0, 0.05) is 37.1 Å². The Hall–Kier alpha value is -3.31. The van der Waals surface area contributed by atoms with Crippen LogP contribution in [0, 0.1) is 24.3 Å². The molecular formula is C23H25FN6O. The number of rotatable bonds is 7. The highest BCUT2D eigenvalue weighted by molar-refractivity contribution is 6.00. The lowest BCUT2D eigenvalue weighted by Crippen LogP contribution is -2.25. The van der Waals surface area contributed by atoms with Crippen molar-refractivity contribution in [3.63, 3.8) is 0 Å². The van der Waals surface area contributed by atoms with Gasteiger partial charge in [-0.25, -0.2) is 4.98 Å². The van der Waals surface area contributed by atoms with Crippen LogP contribution in [0.25, 0.3) is 11.2 Å². The molecule has 2 aromatic heterocycles. The lowest BCUT2D eigenvalue weighted by atomic mass is 9.97. The highest BCUT2D eigenvalue weighted by Gasteiger charge is 2.23. The van der Waals surface area contributed by atoms with Crippen molar-refractivity contribution in [1.82, 2.24) is 24.8 Å². The van der Waals surface area contributed by atoms with Crippen LogP contribution in [-0.2, 0) is 19.4 Å². The standard InChI is InChI=1S/C23H25FN6O/c1-4-14-9-15-5-6-18(31)17(15)10-16(14)11-19-27-20-21(25)28-23(24)29-22(20)30(19)8-7-26-12-13(2)3/h1,9-10,13,26H,5-8,11-12H2,2-3H3,(H2,25,28,29). The largest absolute Gasteiger partial charge is 0.382 e. The number of nitrogens with one attached hydrogen (secondary N) is 1. The number of halogens is 1. The quantitative estimate of drug-likeness (QED) is 0.346. The molecule has 160 valence electrons. The summed E-state index contributed by atoms with van der Waals surface area (Å²) in [6, 6.07) is 3.79. The van der Waals surface area contributed by atoms with Gasteiger partial charge >= 0.3 is 6.08 Å². The fraction of sp³-hybridized carbons (Fsp3) is 0.391. The van der Waals surface area contributed by atoms with Crippen molar-refractivity contribution in [2.75, 3.05) is 18.8 Å². The summed E-state index contributed by atoms with van der Waals surface area (Å²) in [5.74, 6) is 4.01. The van der Waals surface area contributed by atoms with Crippen molar-refractivity contribution in [1.29, 1.82) is 0 Å². The second kappa shape index (κ2) is 8.44. The van der Waals surface area contributed by atoms with Crippen LogP contribution in [0.1, 0.15) is 53.1 Å². The number of fused-ring (bicyclic) bond motifs is 2. The van der Waals surface area contributed by atoms with Gasteiger partial charge in [0.1, 0.15) is 5.82 Å². The lowest BCUT2D eigenvalue weighted by molar-refractivity contribution is 0.0994. The number of nitrogen functional groups attached to an aromatic ring is 1. The highest BCUT2D eigenvalue weighted by atomic mass is 19.1. The molecular weight excluding hydrogens is 395 g/mol. The van der Waals surface area contributed by atoms with E-state index < -0.39 is 6.08 Å². The Morgan fingerprint density at radius 2 is 2.10 bits per heavy atom. The Morgan fingerprint density at radius 3 is 2.84 bits per heavy atom. The van der Waals surface area contributed by atoms with Crippen molar-refractivity contribution < 1.29 is 9.18 Å². The third-order valence-electron chi connectivity index (χ3n) is 5.49. The van der Waals surface area contributed by atoms with Crippen molar-refractivity contribution >= 4 is 22.8 Å². The monoisotopic (exact) mass is 420 g/mol. The summed E-state index contributed by atoms with van der Waals surface area (Å²) in [6.45, 7) is 6.31. The molecule has 0 aliphatic heterocycles. The molecule has 1 aromatic carbocycles. The van der Waals surface area contributed by atoms with E-state index in [4.69, 9.17) is 12.2 Å². The molecule has 3 N–H and O–H groups in total. The molecule has 3 aromatic rings. The van der Waals surface area contributed by atoms with Crippen LogP contribution < -0.4 is 11.1 Å². The third-order valence-corrected chi connectivity index (χ3v) is 5.49. The molecule has 0 unspecified atom stereocenters. The van der Waals surface area contributed by atoms with Crippen LogP contribution >= 0.6 is 0 Å². The van der Waals surface area contributed by atoms with Gasteiger partial charge in [-0.2, -0.15) is 14.4 Å². The van der Waals surface area contributed by atoms with Crippen LogP contribution in [0.3, 0.4) is 0 Å². The van der Waals surface area contributed by atoms with E-state index in [9.17, 15) is 9.18 Å². The summed E-state index contributed by atoms with van der Waals surface area (Å²) in [7, 11) is 0. The molecule has 0 radical (unpaired) electrons. The normalized spacial score (nSPS) is 13.2. The zero-order chi connectivity index (χ0) is 22.1. The average Bonchev–Trinajstić information content (AvgIpc) is 3.25. The summed E-state index contributed by atoms with van der Waals surface area (Å²) < 4.78 is 15.7. The van der Waals surface area contributed by atoms with E-state index in [2.05, 4.69) is 40.0 Å². The first-order chi connectivity index (χ1) is 14.9. The number of aromatic nitrogens is 4. The minimum atomic E-state index is -0.889. The second-order valence-electron chi connectivity index (χ2n) is 8.24. The molecule has 0 amide bonds. The molecule has 8 heteroatoms. The summed E-state index contributed by atoms with van der Waals surface area (Å²) in [5.41, 5.74) is 9.90. The molecule has 4 rings (SSSR count). The van der Waals surface area contributed by atoms with Gasteiger partial charge in [0.25, 0.3) is 0 Å². The number of aryl methyl sites for hydroxylation is 1. The third kappa shape index (κ3) is 4.14. The highest BCUT2D eigenvalue weighted by Crippen LogP contribution is 2.28. The van der Waals surface area contributed by atoms with Gasteiger partial charge in [-0.3, -0.25) is 4.79 Å². The van der Waals surface area contributed by atoms with Crippen molar-refractivity contribution in [2.45, 2.75) is 39.7 Å². The van der Waals surface area contributed by atoms with Crippen molar-refractivity contribution in [3.8, 4) is 12.3 Å². The first kappa shape index (κ1) is 20.9. The Morgan fingerprint density at radius 1 is 1.29 bits per heavy atom. The molecule has 0 spiro atoms. The summed E-state index contributed by atoms with van der Waals surface area (Å²) in [4.78, 5) is 24.4. The van der Waals surface area contributed by atoms with Gasteiger partial charge in [-0.15, -0.1) is 6.42 Å². The number of hydrogen-bond donors (Lipinski definition) is 2. The van der Waals surface area contributed by atoms with Crippen molar-refractivity contribution in [2.24, 2.45) is 5.92 Å². The molecule has 1 aliphatic carbocycles. The van der Waals surface area contributed by atoms with E-state index in [-0.39, 0.29) is 11.6 Å².